The van der Waals surface area contributed by atoms with Crippen molar-refractivity contribution in [3.63, 3.8) is 0 Å². The number of aromatic nitrogens is 1. The zero-order chi connectivity index (χ0) is 19.8. The van der Waals surface area contributed by atoms with Crippen molar-refractivity contribution in [2.45, 2.75) is 12.1 Å². The van der Waals surface area contributed by atoms with Crippen molar-refractivity contribution >= 4 is 5.69 Å². The number of aromatic amines is 1. The normalized spacial score (nSPS) is 16.0. The Morgan fingerprint density at radius 2 is 2.07 bits per heavy atom. The second-order valence-electron chi connectivity index (χ2n) is 5.63. The molecule has 27 heavy (non-hydrogen) atoms. The number of allylic oxidation sites excluding steroid dienone is 2. The molecule has 1 aromatic heterocycles. The number of hydrogen-bond donors (Lipinski definition) is 2. The Labute approximate surface area is 151 Å². The molecule has 1 aromatic carbocycles. The Kier molecular flexibility index (Phi) is 4.38. The van der Waals surface area contributed by atoms with Gasteiger partial charge in [-0.25, -0.2) is 4.85 Å². The molecule has 2 aromatic rings. The minimum atomic E-state index is -4.82. The molecule has 0 bridgehead atoms. The minimum Gasteiger partial charge on any atom is -0.496 e. The van der Waals surface area contributed by atoms with Crippen molar-refractivity contribution in [2.75, 3.05) is 12.4 Å². The van der Waals surface area contributed by atoms with Crippen LogP contribution in [0.15, 0.2) is 46.7 Å². The van der Waals surface area contributed by atoms with Gasteiger partial charge in [-0.2, -0.15) is 18.4 Å². The third-order valence-electron chi connectivity index (χ3n) is 4.15. The van der Waals surface area contributed by atoms with Gasteiger partial charge in [0.25, 0.3) is 5.56 Å². The van der Waals surface area contributed by atoms with E-state index in [1.165, 1.54) is 37.6 Å². The Morgan fingerprint density at radius 3 is 2.67 bits per heavy atom. The van der Waals surface area contributed by atoms with Crippen LogP contribution in [-0.2, 0) is 0 Å². The van der Waals surface area contributed by atoms with Gasteiger partial charge in [-0.05, 0) is 23.8 Å². The molecule has 0 aliphatic carbocycles. The van der Waals surface area contributed by atoms with E-state index >= 15 is 0 Å². The van der Waals surface area contributed by atoms with E-state index in [0.717, 1.165) is 0 Å². The summed E-state index contributed by atoms with van der Waals surface area (Å²) in [5, 5.41) is 11.2. The van der Waals surface area contributed by atoms with Gasteiger partial charge in [0.2, 0.25) is 5.70 Å². The summed E-state index contributed by atoms with van der Waals surface area (Å²) in [5.74, 6) is -1.19. The number of methoxy groups -OCH3 is 1. The van der Waals surface area contributed by atoms with Crippen LogP contribution in [0.4, 0.5) is 18.9 Å². The topological polar surface area (TPSA) is 82.3 Å². The fraction of sp³-hybridized carbons (Fsp3) is 0.167. The van der Waals surface area contributed by atoms with Crippen LogP contribution in [0.1, 0.15) is 22.6 Å². The number of hydrogen-bond acceptors (Lipinski definition) is 4. The van der Waals surface area contributed by atoms with Gasteiger partial charge < -0.3 is 15.0 Å². The number of rotatable bonds is 2. The standard InChI is InChI=1S/C18H11F3N4O2/c1-23-15-13(10-4-3-9(8-22)7-12(10)27-2)14-11(5-6-24-17(14)26)25-16(15)18(19,20)21/h3-7,13,25H,2H3,(H,24,26). The highest BCUT2D eigenvalue weighted by Gasteiger charge is 2.44. The van der Waals surface area contributed by atoms with Crippen LogP contribution in [0.5, 0.6) is 5.75 Å². The van der Waals surface area contributed by atoms with Gasteiger partial charge in [0.05, 0.1) is 31.2 Å². The van der Waals surface area contributed by atoms with Gasteiger partial charge in [-0.15, -0.1) is 0 Å². The van der Waals surface area contributed by atoms with Gasteiger partial charge >= 0.3 is 6.18 Å². The number of pyridine rings is 1. The van der Waals surface area contributed by atoms with Gasteiger partial charge in [0.15, 0.2) is 0 Å². The molecule has 0 spiro atoms. The Balaban J connectivity index is 2.39. The maximum absolute atomic E-state index is 13.5. The third kappa shape index (κ3) is 3.00. The monoisotopic (exact) mass is 372 g/mol. The maximum Gasteiger partial charge on any atom is 0.421 e. The highest BCUT2D eigenvalue weighted by Crippen LogP contribution is 2.47. The van der Waals surface area contributed by atoms with Gasteiger partial charge in [-0.3, -0.25) is 4.79 Å². The molecule has 0 fully saturated rings. The number of nitriles is 1. The lowest BCUT2D eigenvalue weighted by atomic mass is 9.84. The minimum absolute atomic E-state index is 0.0282. The molecule has 0 radical (unpaired) electrons. The smallest absolute Gasteiger partial charge is 0.421 e. The molecule has 0 amide bonds. The predicted octanol–water partition coefficient (Wildman–Crippen LogP) is 3.51. The quantitative estimate of drug-likeness (QED) is 0.791. The summed E-state index contributed by atoms with van der Waals surface area (Å²) in [4.78, 5) is 17.9. The van der Waals surface area contributed by atoms with Crippen molar-refractivity contribution in [3.8, 4) is 11.8 Å². The van der Waals surface area contributed by atoms with Crippen molar-refractivity contribution in [1.29, 1.82) is 5.26 Å². The molecule has 1 atom stereocenters. The fourth-order valence-electron chi connectivity index (χ4n) is 3.02. The predicted molar refractivity (Wildman–Crippen MR) is 89.9 cm³/mol. The zero-order valence-electron chi connectivity index (χ0n) is 13.8. The first kappa shape index (κ1) is 18.1. The number of H-pyrrole nitrogens is 1. The van der Waals surface area contributed by atoms with E-state index in [0.29, 0.717) is 0 Å². The molecule has 2 N–H and O–H groups in total. The van der Waals surface area contributed by atoms with E-state index in [1.807, 2.05) is 6.07 Å². The largest absolute Gasteiger partial charge is 0.496 e. The molecule has 2 heterocycles. The molecule has 1 aliphatic rings. The van der Waals surface area contributed by atoms with Crippen molar-refractivity contribution in [2.24, 2.45) is 0 Å². The van der Waals surface area contributed by atoms with Gasteiger partial charge in [0, 0.05) is 17.4 Å². The van der Waals surface area contributed by atoms with Crippen LogP contribution < -0.4 is 15.6 Å². The molecule has 136 valence electrons. The van der Waals surface area contributed by atoms with Crippen LogP contribution in [0.3, 0.4) is 0 Å². The van der Waals surface area contributed by atoms with E-state index in [4.69, 9.17) is 16.6 Å². The second-order valence-corrected chi connectivity index (χ2v) is 5.63. The lowest BCUT2D eigenvalue weighted by Crippen LogP contribution is -2.31. The summed E-state index contributed by atoms with van der Waals surface area (Å²) in [6.45, 7) is 7.33. The van der Waals surface area contributed by atoms with Crippen LogP contribution in [0.2, 0.25) is 0 Å². The molecule has 0 saturated heterocycles. The lowest BCUT2D eigenvalue weighted by Gasteiger charge is -2.29. The summed E-state index contributed by atoms with van der Waals surface area (Å²) in [6.07, 6.45) is -3.60. The molecular formula is C18H11F3N4O2. The van der Waals surface area contributed by atoms with Crippen molar-refractivity contribution in [1.82, 2.24) is 4.98 Å². The fourth-order valence-corrected chi connectivity index (χ4v) is 3.02. The molecule has 0 saturated carbocycles. The first-order chi connectivity index (χ1) is 12.8. The summed E-state index contributed by atoms with van der Waals surface area (Å²) in [5.41, 5.74) is -2.19. The average molecular weight is 372 g/mol. The van der Waals surface area contributed by atoms with E-state index in [1.54, 1.807) is 0 Å². The second kappa shape index (κ2) is 6.54. The number of nitrogens with one attached hydrogen (secondary N) is 2. The van der Waals surface area contributed by atoms with E-state index in [-0.39, 0.29) is 28.1 Å². The first-order valence-corrected chi connectivity index (χ1v) is 7.57. The lowest BCUT2D eigenvalue weighted by molar-refractivity contribution is -0.0912. The number of fused-ring (bicyclic) bond motifs is 1. The number of benzene rings is 1. The average Bonchev–Trinajstić information content (AvgIpc) is 2.65. The number of alkyl halides is 3. The Bertz CT molecular complexity index is 1090. The Hall–Kier alpha value is -3.72. The van der Waals surface area contributed by atoms with Gasteiger partial charge in [-0.1, -0.05) is 6.07 Å². The molecule has 3 rings (SSSR count). The number of anilines is 1. The summed E-state index contributed by atoms with van der Waals surface area (Å²) in [7, 11) is 1.29. The van der Waals surface area contributed by atoms with Gasteiger partial charge in [0.1, 0.15) is 11.4 Å². The highest BCUT2D eigenvalue weighted by atomic mass is 19.4. The zero-order valence-corrected chi connectivity index (χ0v) is 13.8. The molecule has 9 heteroatoms. The maximum atomic E-state index is 13.5. The first-order valence-electron chi connectivity index (χ1n) is 7.57. The van der Waals surface area contributed by atoms with E-state index in [2.05, 4.69) is 15.1 Å². The number of ether oxygens (including phenoxy) is 1. The van der Waals surface area contributed by atoms with Crippen LogP contribution in [0, 0.1) is 17.9 Å². The molecule has 1 aliphatic heterocycles. The summed E-state index contributed by atoms with van der Waals surface area (Å²) in [6, 6.07) is 7.34. The molecule has 6 nitrogen and oxygen atoms in total. The third-order valence-corrected chi connectivity index (χ3v) is 4.15. The van der Waals surface area contributed by atoms with Crippen molar-refractivity contribution < 1.29 is 17.9 Å². The highest BCUT2D eigenvalue weighted by molar-refractivity contribution is 5.68. The van der Waals surface area contributed by atoms with Crippen LogP contribution in [0.25, 0.3) is 4.85 Å². The van der Waals surface area contributed by atoms with Crippen LogP contribution >= 0.6 is 0 Å². The summed E-state index contributed by atoms with van der Waals surface area (Å²) < 4.78 is 45.8. The summed E-state index contributed by atoms with van der Waals surface area (Å²) >= 11 is 0. The Morgan fingerprint density at radius 1 is 1.33 bits per heavy atom. The number of halogens is 3. The van der Waals surface area contributed by atoms with E-state index in [9.17, 15) is 18.0 Å². The molecule has 1 unspecified atom stereocenters. The SMILES string of the molecule is [C-]#[N+]C1=C(C(F)(F)F)Nc2cc[nH]c(=O)c2C1c1ccc(C#N)cc1OC. The molecular weight excluding hydrogens is 361 g/mol. The number of nitrogens with zero attached hydrogens (tertiary/aromatic N) is 2. The van der Waals surface area contributed by atoms with Crippen molar-refractivity contribution in [3.05, 3.63) is 80.3 Å². The van der Waals surface area contributed by atoms with E-state index < -0.39 is 29.0 Å². The van der Waals surface area contributed by atoms with Crippen LogP contribution in [-0.4, -0.2) is 18.3 Å².